The molecule has 0 saturated carbocycles. The number of carbonyl (C=O) groups is 1. The third-order valence-electron chi connectivity index (χ3n) is 3.24. The molecule has 20 heavy (non-hydrogen) atoms. The van der Waals surface area contributed by atoms with Crippen LogP contribution in [0.3, 0.4) is 0 Å². The van der Waals surface area contributed by atoms with Crippen molar-refractivity contribution in [3.05, 3.63) is 46.6 Å². The molecule has 0 aliphatic heterocycles. The summed E-state index contributed by atoms with van der Waals surface area (Å²) < 4.78 is 6.98. The zero-order valence-corrected chi connectivity index (χ0v) is 12.1. The number of carboxylic acids is 1. The molecule has 106 valence electrons. The molecule has 0 radical (unpaired) electrons. The van der Waals surface area contributed by atoms with Gasteiger partial charge in [0, 0.05) is 19.3 Å². The number of nitrogens with zero attached hydrogens (tertiary/aromatic N) is 1. The van der Waals surface area contributed by atoms with Crippen LogP contribution in [0.5, 0.6) is 0 Å². The van der Waals surface area contributed by atoms with E-state index in [4.69, 9.17) is 16.3 Å². The van der Waals surface area contributed by atoms with Crippen molar-refractivity contribution in [1.29, 1.82) is 0 Å². The monoisotopic (exact) mass is 293 g/mol. The summed E-state index contributed by atoms with van der Waals surface area (Å²) in [6.07, 6.45) is 0. The summed E-state index contributed by atoms with van der Waals surface area (Å²) in [6.45, 7) is 2.81. The maximum absolute atomic E-state index is 11.4. The summed E-state index contributed by atoms with van der Waals surface area (Å²) in [5.41, 5.74) is 2.41. The van der Waals surface area contributed by atoms with E-state index < -0.39 is 5.97 Å². The molecule has 1 aromatic heterocycles. The van der Waals surface area contributed by atoms with E-state index >= 15 is 0 Å². The lowest BCUT2D eigenvalue weighted by Crippen LogP contribution is -2.08. The fraction of sp³-hybridized carbons (Fsp3) is 0.267. The quantitative estimate of drug-likeness (QED) is 0.918. The van der Waals surface area contributed by atoms with Crippen LogP contribution in [0.1, 0.15) is 16.1 Å². The average molecular weight is 294 g/mol. The molecular formula is C15H16ClNO3. The van der Waals surface area contributed by atoms with E-state index in [-0.39, 0.29) is 10.6 Å². The number of methoxy groups -OCH3 is 1. The number of halogens is 1. The highest BCUT2D eigenvalue weighted by molar-refractivity contribution is 6.36. The number of aromatic nitrogens is 1. The standard InChI is InChI=1S/C15H16ClNO3/c1-10-12(15(18)19)13(16)14(17(10)8-9-20-2)11-6-4-3-5-7-11/h3-7H,8-9H2,1-2H3,(H,18,19). The lowest BCUT2D eigenvalue weighted by molar-refractivity contribution is 0.0696. The smallest absolute Gasteiger partial charge is 0.339 e. The third-order valence-corrected chi connectivity index (χ3v) is 3.61. The van der Waals surface area contributed by atoms with E-state index in [0.717, 1.165) is 11.3 Å². The molecular weight excluding hydrogens is 278 g/mol. The van der Waals surface area contributed by atoms with E-state index in [1.165, 1.54) is 0 Å². The fourth-order valence-corrected chi connectivity index (χ4v) is 2.72. The average Bonchev–Trinajstić information content (AvgIpc) is 2.68. The number of hydrogen-bond donors (Lipinski definition) is 1. The summed E-state index contributed by atoms with van der Waals surface area (Å²) >= 11 is 6.30. The summed E-state index contributed by atoms with van der Waals surface area (Å²) in [7, 11) is 1.61. The molecule has 0 aliphatic rings. The number of carboxylic acid groups (broad SMARTS) is 1. The molecule has 2 aromatic rings. The number of rotatable bonds is 5. The molecule has 4 nitrogen and oxygen atoms in total. The normalized spacial score (nSPS) is 10.8. The van der Waals surface area contributed by atoms with E-state index in [2.05, 4.69) is 0 Å². The molecule has 1 heterocycles. The molecule has 5 heteroatoms. The first-order valence-electron chi connectivity index (χ1n) is 6.24. The summed E-state index contributed by atoms with van der Waals surface area (Å²) in [6, 6.07) is 9.53. The summed E-state index contributed by atoms with van der Waals surface area (Å²) in [4.78, 5) is 11.4. The Morgan fingerprint density at radius 3 is 2.55 bits per heavy atom. The van der Waals surface area contributed by atoms with Gasteiger partial charge in [0.15, 0.2) is 0 Å². The number of benzene rings is 1. The lowest BCUT2D eigenvalue weighted by atomic mass is 10.1. The fourth-order valence-electron chi connectivity index (χ4n) is 2.29. The Morgan fingerprint density at radius 1 is 1.35 bits per heavy atom. The Balaban J connectivity index is 2.64. The molecule has 0 amide bonds. The second kappa shape index (κ2) is 6.11. The van der Waals surface area contributed by atoms with E-state index in [1.807, 2.05) is 34.9 Å². The van der Waals surface area contributed by atoms with E-state index in [1.54, 1.807) is 14.0 Å². The maximum atomic E-state index is 11.4. The first kappa shape index (κ1) is 14.6. The van der Waals surface area contributed by atoms with Crippen LogP contribution in [-0.2, 0) is 11.3 Å². The Hall–Kier alpha value is -1.78. The predicted octanol–water partition coefficient (Wildman–Crippen LogP) is 3.46. The van der Waals surface area contributed by atoms with Crippen LogP contribution in [0.2, 0.25) is 5.02 Å². The summed E-state index contributed by atoms with van der Waals surface area (Å²) in [5, 5.41) is 9.60. The van der Waals surface area contributed by atoms with Gasteiger partial charge in [-0.1, -0.05) is 41.9 Å². The van der Waals surface area contributed by atoms with Gasteiger partial charge in [0.1, 0.15) is 0 Å². The van der Waals surface area contributed by atoms with Crippen LogP contribution in [-0.4, -0.2) is 29.4 Å². The van der Waals surface area contributed by atoms with Crippen LogP contribution in [0.4, 0.5) is 0 Å². The van der Waals surface area contributed by atoms with Crippen LogP contribution in [0.25, 0.3) is 11.3 Å². The van der Waals surface area contributed by atoms with Gasteiger partial charge in [-0.05, 0) is 12.5 Å². The number of ether oxygens (including phenoxy) is 1. The molecule has 0 bridgehead atoms. The topological polar surface area (TPSA) is 51.5 Å². The van der Waals surface area contributed by atoms with Crippen molar-refractivity contribution >= 4 is 17.6 Å². The molecule has 0 unspecified atom stereocenters. The molecule has 1 aromatic carbocycles. The van der Waals surface area contributed by atoms with Gasteiger partial charge in [-0.25, -0.2) is 4.79 Å². The van der Waals surface area contributed by atoms with Gasteiger partial charge in [0.05, 0.1) is 22.9 Å². The highest BCUT2D eigenvalue weighted by Crippen LogP contribution is 2.35. The largest absolute Gasteiger partial charge is 0.478 e. The minimum absolute atomic E-state index is 0.154. The Bertz CT molecular complexity index is 620. The van der Waals surface area contributed by atoms with Gasteiger partial charge in [-0.3, -0.25) is 0 Å². The minimum atomic E-state index is -1.01. The molecule has 1 N–H and O–H groups in total. The maximum Gasteiger partial charge on any atom is 0.339 e. The zero-order chi connectivity index (χ0) is 14.7. The van der Waals surface area contributed by atoms with E-state index in [0.29, 0.717) is 18.8 Å². The third kappa shape index (κ3) is 2.57. The molecule has 0 atom stereocenters. The van der Waals surface area contributed by atoms with Crippen molar-refractivity contribution < 1.29 is 14.6 Å². The highest BCUT2D eigenvalue weighted by Gasteiger charge is 2.24. The van der Waals surface area contributed by atoms with Crippen LogP contribution >= 0.6 is 11.6 Å². The number of hydrogen-bond acceptors (Lipinski definition) is 2. The molecule has 0 spiro atoms. The van der Waals surface area contributed by atoms with Gasteiger partial charge in [0.2, 0.25) is 0 Å². The molecule has 0 saturated heterocycles. The van der Waals surface area contributed by atoms with Crippen LogP contribution in [0.15, 0.2) is 30.3 Å². The number of aromatic carboxylic acids is 1. The first-order chi connectivity index (χ1) is 9.57. The van der Waals surface area contributed by atoms with Gasteiger partial charge < -0.3 is 14.4 Å². The predicted molar refractivity (Wildman–Crippen MR) is 78.5 cm³/mol. The van der Waals surface area contributed by atoms with Crippen molar-refractivity contribution in [2.24, 2.45) is 0 Å². The van der Waals surface area contributed by atoms with Crippen molar-refractivity contribution in [3.63, 3.8) is 0 Å². The van der Waals surface area contributed by atoms with Gasteiger partial charge in [-0.2, -0.15) is 0 Å². The zero-order valence-electron chi connectivity index (χ0n) is 11.4. The van der Waals surface area contributed by atoms with Crippen LogP contribution < -0.4 is 0 Å². The van der Waals surface area contributed by atoms with Gasteiger partial charge in [-0.15, -0.1) is 0 Å². The van der Waals surface area contributed by atoms with Gasteiger partial charge in [0.25, 0.3) is 0 Å². The second-order valence-corrected chi connectivity index (χ2v) is 4.82. The van der Waals surface area contributed by atoms with Crippen LogP contribution in [0, 0.1) is 6.92 Å². The second-order valence-electron chi connectivity index (χ2n) is 4.44. The summed E-state index contributed by atoms with van der Waals surface area (Å²) in [5.74, 6) is -1.01. The minimum Gasteiger partial charge on any atom is -0.478 e. The molecule has 0 fully saturated rings. The van der Waals surface area contributed by atoms with Crippen molar-refractivity contribution in [3.8, 4) is 11.3 Å². The SMILES string of the molecule is COCCn1c(C)c(C(=O)O)c(Cl)c1-c1ccccc1. The lowest BCUT2D eigenvalue weighted by Gasteiger charge is -2.11. The molecule has 0 aliphatic carbocycles. The van der Waals surface area contributed by atoms with Crippen molar-refractivity contribution in [2.45, 2.75) is 13.5 Å². The van der Waals surface area contributed by atoms with Crippen molar-refractivity contribution in [1.82, 2.24) is 4.57 Å². The Morgan fingerprint density at radius 2 is 2.00 bits per heavy atom. The Labute approximate surface area is 122 Å². The van der Waals surface area contributed by atoms with Gasteiger partial charge >= 0.3 is 5.97 Å². The highest BCUT2D eigenvalue weighted by atomic mass is 35.5. The van der Waals surface area contributed by atoms with Crippen molar-refractivity contribution in [2.75, 3.05) is 13.7 Å². The molecule has 2 rings (SSSR count). The van der Waals surface area contributed by atoms with E-state index in [9.17, 15) is 9.90 Å². The Kier molecular flexibility index (Phi) is 4.47. The first-order valence-corrected chi connectivity index (χ1v) is 6.62.